The van der Waals surface area contributed by atoms with Crippen LogP contribution in [0, 0.1) is 0 Å². The Morgan fingerprint density at radius 1 is 0.875 bits per heavy atom. The molecule has 2 saturated heterocycles. The molecule has 2 aliphatic heterocycles. The number of hydrogen-bond donors (Lipinski definition) is 0. The average Bonchev–Trinajstić information content (AvgIpc) is 3.16. The number of rotatable bonds is 8. The van der Waals surface area contributed by atoms with Gasteiger partial charge in [-0.2, -0.15) is 0 Å². The van der Waals surface area contributed by atoms with Crippen molar-refractivity contribution in [2.24, 2.45) is 0 Å². The molecule has 10 heteroatoms. The summed E-state index contributed by atoms with van der Waals surface area (Å²) in [6.07, 6.45) is 0.0925. The summed E-state index contributed by atoms with van der Waals surface area (Å²) in [7, 11) is 0. The number of ether oxygens (including phenoxy) is 6. The topological polar surface area (TPSA) is 124 Å². The second kappa shape index (κ2) is 8.75. The van der Waals surface area contributed by atoms with Crippen molar-refractivity contribution in [3.63, 3.8) is 0 Å². The molecule has 0 aliphatic carbocycles. The van der Waals surface area contributed by atoms with Crippen LogP contribution in [0.3, 0.4) is 0 Å². The number of carbonyl (C=O) groups excluding carboxylic acids is 4. The van der Waals surface area contributed by atoms with E-state index in [1.165, 1.54) is 12.2 Å². The van der Waals surface area contributed by atoms with Crippen LogP contribution in [-0.4, -0.2) is 62.9 Å². The van der Waals surface area contributed by atoms with Crippen molar-refractivity contribution >= 4 is 24.2 Å². The lowest BCUT2D eigenvalue weighted by Crippen LogP contribution is -2.20. The van der Waals surface area contributed by atoms with Crippen LogP contribution < -0.4 is 0 Å². The first-order valence-corrected chi connectivity index (χ1v) is 7.16. The van der Waals surface area contributed by atoms with E-state index in [-0.39, 0.29) is 39.3 Å². The van der Waals surface area contributed by atoms with Crippen molar-refractivity contribution < 1.29 is 47.6 Å². The van der Waals surface area contributed by atoms with Gasteiger partial charge in [-0.15, -0.1) is 0 Å². The molecule has 2 heterocycles. The summed E-state index contributed by atoms with van der Waals surface area (Å²) in [5.74, 6) is -1.06. The molecule has 132 valence electrons. The standard InChI is InChI=1S/C14H16O10/c15-11(19-5-9-7-21-13(17)23-9)3-1-2-4-12(16)20-6-10-8-22-14(18)24-10/h1-2,9-10H,3-8H2. The maximum Gasteiger partial charge on any atom is 0.508 e. The van der Waals surface area contributed by atoms with Crippen molar-refractivity contribution in [3.05, 3.63) is 12.2 Å². The van der Waals surface area contributed by atoms with E-state index >= 15 is 0 Å². The highest BCUT2D eigenvalue weighted by atomic mass is 16.8. The van der Waals surface area contributed by atoms with Gasteiger partial charge in [-0.3, -0.25) is 9.59 Å². The van der Waals surface area contributed by atoms with Crippen LogP contribution in [0.4, 0.5) is 9.59 Å². The smallest absolute Gasteiger partial charge is 0.461 e. The Balaban J connectivity index is 1.51. The largest absolute Gasteiger partial charge is 0.508 e. The summed E-state index contributed by atoms with van der Waals surface area (Å²) < 4.78 is 28.2. The molecular weight excluding hydrogens is 328 g/mol. The maximum atomic E-state index is 11.4. The predicted octanol–water partition coefficient (Wildman–Crippen LogP) is 0.480. The van der Waals surface area contributed by atoms with Crippen molar-refractivity contribution in [2.75, 3.05) is 26.4 Å². The minimum atomic E-state index is -0.784. The van der Waals surface area contributed by atoms with Crippen LogP contribution in [0.5, 0.6) is 0 Å². The van der Waals surface area contributed by atoms with Gasteiger partial charge in [0, 0.05) is 0 Å². The molecule has 0 bridgehead atoms. The van der Waals surface area contributed by atoms with Gasteiger partial charge < -0.3 is 28.4 Å². The summed E-state index contributed by atoms with van der Waals surface area (Å²) in [5, 5.41) is 0. The van der Waals surface area contributed by atoms with E-state index in [2.05, 4.69) is 18.9 Å². The van der Waals surface area contributed by atoms with Gasteiger partial charge in [-0.25, -0.2) is 9.59 Å². The van der Waals surface area contributed by atoms with Crippen molar-refractivity contribution in [2.45, 2.75) is 25.0 Å². The zero-order valence-corrected chi connectivity index (χ0v) is 12.6. The Morgan fingerprint density at radius 2 is 1.29 bits per heavy atom. The molecule has 2 unspecified atom stereocenters. The third kappa shape index (κ3) is 6.15. The van der Waals surface area contributed by atoms with Crippen LogP contribution in [-0.2, 0) is 38.0 Å². The Hall–Kier alpha value is -2.78. The highest BCUT2D eigenvalue weighted by Crippen LogP contribution is 2.08. The summed E-state index contributed by atoms with van der Waals surface area (Å²) in [6, 6.07) is 0. The number of cyclic esters (lactones) is 4. The number of carbonyl (C=O) groups is 4. The lowest BCUT2D eigenvalue weighted by atomic mass is 10.3. The first-order chi connectivity index (χ1) is 11.5. The van der Waals surface area contributed by atoms with Gasteiger partial charge in [0.15, 0.2) is 12.2 Å². The first kappa shape index (κ1) is 17.6. The van der Waals surface area contributed by atoms with Crippen molar-refractivity contribution in [1.29, 1.82) is 0 Å². The lowest BCUT2D eigenvalue weighted by Gasteiger charge is -2.07. The second-order valence-corrected chi connectivity index (χ2v) is 4.85. The monoisotopic (exact) mass is 344 g/mol. The molecular formula is C14H16O10. The SMILES string of the molecule is O=C(CC=CCC(=O)OCC1COC(=O)O1)OCC1COC(=O)O1. The highest BCUT2D eigenvalue weighted by molar-refractivity contribution is 5.73. The van der Waals surface area contributed by atoms with E-state index in [1.54, 1.807) is 0 Å². The Kier molecular flexibility index (Phi) is 6.41. The number of hydrogen-bond acceptors (Lipinski definition) is 10. The van der Waals surface area contributed by atoms with Gasteiger partial charge in [0.2, 0.25) is 0 Å². The van der Waals surface area contributed by atoms with Gasteiger partial charge in [0.1, 0.15) is 26.4 Å². The average molecular weight is 344 g/mol. The van der Waals surface area contributed by atoms with Crippen LogP contribution >= 0.6 is 0 Å². The Labute approximate surface area is 136 Å². The minimum Gasteiger partial charge on any atom is -0.461 e. The summed E-state index contributed by atoms with van der Waals surface area (Å²) >= 11 is 0. The third-order valence-electron chi connectivity index (χ3n) is 2.90. The van der Waals surface area contributed by atoms with Crippen LogP contribution in [0.2, 0.25) is 0 Å². The molecule has 0 N–H and O–H groups in total. The summed E-state index contributed by atoms with van der Waals surface area (Å²) in [4.78, 5) is 44.2. The van der Waals surface area contributed by atoms with Crippen LogP contribution in [0.15, 0.2) is 12.2 Å². The summed E-state index contributed by atoms with van der Waals surface area (Å²) in [5.41, 5.74) is 0. The molecule has 0 radical (unpaired) electrons. The predicted molar refractivity (Wildman–Crippen MR) is 72.7 cm³/mol. The molecule has 2 aliphatic rings. The molecule has 0 amide bonds. The first-order valence-electron chi connectivity index (χ1n) is 7.16. The molecule has 0 aromatic heterocycles. The maximum absolute atomic E-state index is 11.4. The highest BCUT2D eigenvalue weighted by Gasteiger charge is 2.26. The molecule has 0 spiro atoms. The van der Waals surface area contributed by atoms with E-state index in [1.807, 2.05) is 0 Å². The van der Waals surface area contributed by atoms with Gasteiger partial charge in [-0.1, -0.05) is 12.2 Å². The summed E-state index contributed by atoms with van der Waals surface area (Å²) in [6.45, 7) is -0.0600. The van der Waals surface area contributed by atoms with Gasteiger partial charge in [0.25, 0.3) is 0 Å². The quantitative estimate of drug-likeness (QED) is 0.349. The van der Waals surface area contributed by atoms with E-state index in [9.17, 15) is 19.2 Å². The second-order valence-electron chi connectivity index (χ2n) is 4.85. The van der Waals surface area contributed by atoms with E-state index in [0.717, 1.165) is 0 Å². The molecule has 0 aromatic rings. The van der Waals surface area contributed by atoms with Gasteiger partial charge in [0.05, 0.1) is 12.8 Å². The zero-order chi connectivity index (χ0) is 17.4. The zero-order valence-electron chi connectivity index (χ0n) is 12.6. The van der Waals surface area contributed by atoms with Crippen molar-refractivity contribution in [3.8, 4) is 0 Å². The fourth-order valence-corrected chi connectivity index (χ4v) is 1.74. The molecule has 2 atom stereocenters. The van der Waals surface area contributed by atoms with Crippen LogP contribution in [0.1, 0.15) is 12.8 Å². The third-order valence-corrected chi connectivity index (χ3v) is 2.90. The molecule has 0 aromatic carbocycles. The molecule has 2 rings (SSSR count). The normalized spacial score (nSPS) is 22.5. The van der Waals surface area contributed by atoms with Crippen molar-refractivity contribution in [1.82, 2.24) is 0 Å². The Morgan fingerprint density at radius 3 is 1.62 bits per heavy atom. The molecule has 24 heavy (non-hydrogen) atoms. The minimum absolute atomic E-state index is 0.0388. The number of esters is 2. The fraction of sp³-hybridized carbons (Fsp3) is 0.571. The van der Waals surface area contributed by atoms with Gasteiger partial charge in [-0.05, 0) is 0 Å². The fourth-order valence-electron chi connectivity index (χ4n) is 1.74. The van der Waals surface area contributed by atoms with E-state index in [4.69, 9.17) is 9.47 Å². The molecule has 0 saturated carbocycles. The lowest BCUT2D eigenvalue weighted by molar-refractivity contribution is -0.146. The molecule has 10 nitrogen and oxygen atoms in total. The van der Waals surface area contributed by atoms with Gasteiger partial charge >= 0.3 is 24.2 Å². The molecule has 2 fully saturated rings. The Bertz CT molecular complexity index is 480. The van der Waals surface area contributed by atoms with Crippen LogP contribution in [0.25, 0.3) is 0 Å². The van der Waals surface area contributed by atoms with E-state index in [0.29, 0.717) is 0 Å². The van der Waals surface area contributed by atoms with E-state index < -0.39 is 36.5 Å².